The number of hydrogen-bond acceptors (Lipinski definition) is 17. The number of primary amides is 1. The maximum absolute atomic E-state index is 13.5. The minimum Gasteiger partial charge on any atom is -0.666 e. The number of Topliss-reactive ketones (excluding diaryl/α,β-unsaturated/α-hetero) is 2. The summed E-state index contributed by atoms with van der Waals surface area (Å²) in [5.41, 5.74) is 14.6. The van der Waals surface area contributed by atoms with Gasteiger partial charge in [0.15, 0.2) is 5.78 Å². The molecule has 0 aliphatic carbocycles. The van der Waals surface area contributed by atoms with E-state index < -0.39 is 65.5 Å². The van der Waals surface area contributed by atoms with Gasteiger partial charge in [-0.25, -0.2) is 9.79 Å². The first kappa shape index (κ1) is 85.1. The Morgan fingerprint density at radius 1 is 0.708 bits per heavy atom. The third-order valence-electron chi connectivity index (χ3n) is 14.1. The predicted molar refractivity (Wildman–Crippen MR) is 340 cm³/mol. The number of carboxylic acid groups (broad SMARTS) is 2. The number of carboxylic acids is 2. The zero-order chi connectivity index (χ0) is 65.0. The van der Waals surface area contributed by atoms with Gasteiger partial charge in [0.1, 0.15) is 30.8 Å². The third kappa shape index (κ3) is 48.5. The van der Waals surface area contributed by atoms with Gasteiger partial charge in [0.2, 0.25) is 29.5 Å². The number of hydrogen-bond donors (Lipinski definition) is 8. The van der Waals surface area contributed by atoms with Crippen molar-refractivity contribution in [2.24, 2.45) is 22.6 Å². The van der Waals surface area contributed by atoms with E-state index in [1.165, 1.54) is 130 Å². The Labute approximate surface area is 577 Å². The molecule has 0 bridgehead atoms. The van der Waals surface area contributed by atoms with Crippen LogP contribution >= 0.6 is 21.6 Å². The number of nitrogens with one attached hydrogen (secondary N) is 5. The van der Waals surface area contributed by atoms with Gasteiger partial charge in [-0.2, -0.15) is 0 Å². The quantitative estimate of drug-likeness (QED) is 0.0194. The number of aliphatic imine (C=N–C) groups is 1. The maximum Gasteiger partial charge on any atom is 1.00 e. The molecule has 1 unspecified atom stereocenters. The minimum absolute atomic E-state index is 0. The smallest absolute Gasteiger partial charge is 0.666 e. The normalized spacial score (nSPS) is 15.9. The molecule has 5 atom stereocenters. The Morgan fingerprint density at radius 3 is 1.88 bits per heavy atom. The Balaban J connectivity index is 0.00000298. The molecule has 24 nitrogen and oxygen atoms in total. The number of aliphatic carboxylic acids is 2. The third-order valence-corrected chi connectivity index (χ3v) is 16.6. The molecule has 500 valence electrons. The zero-order valence-electron chi connectivity index (χ0n) is 53.0. The summed E-state index contributed by atoms with van der Waals surface area (Å²) in [4.78, 5) is 125. The second-order valence-electron chi connectivity index (χ2n) is 21.7. The molecule has 1 saturated heterocycles. The van der Waals surface area contributed by atoms with Gasteiger partial charge >= 0.3 is 63.3 Å². The van der Waals surface area contributed by atoms with Crippen molar-refractivity contribution in [1.29, 1.82) is 0 Å². The standard InChI is InChI=1S/C43H64N7O15S2.C19H38O2.K/c1-2-37(54)49-34(43(60)61)10-11-38(55)47-13-15-62-17-20-65-25-40(57)48-14-16-63-18-19-64-24-39(56)46-12-4-3-5-33-36(53)23-30(26-66-67-27-32(44)42(59)50-33)35(52)22-29(41(45)58)21-28-6-8-31(51)9-7-28;1-2-3-4-5-6-7-8-9-10-11-12-13-14-15-16-17-18-19(20)21;/h6-9,14,29-30,32-34,44,51H,2-5,10-13,15-27H2,1H3,(H2,45,58)(H,46,56)(H,47,55)(H,49,54)(H,50,59)(H,60,61);2-18H2,1H3,(H,20,21);/q-1;;+1/t29-,30+,32+,33+,34?;;/m1../s1. The largest absolute Gasteiger partial charge is 1.00 e. The minimum atomic E-state index is -1.22. The number of nitrogens with zero attached hydrogens (tertiary/aromatic N) is 1. The summed E-state index contributed by atoms with van der Waals surface area (Å²) >= 11 is 0. The first-order valence-electron chi connectivity index (χ1n) is 31.4. The molecule has 0 saturated carbocycles. The summed E-state index contributed by atoms with van der Waals surface area (Å²) in [6.07, 6.45) is 23.9. The maximum atomic E-state index is 13.5. The van der Waals surface area contributed by atoms with Crippen molar-refractivity contribution in [3.8, 4) is 5.75 Å². The second kappa shape index (κ2) is 56.8. The number of carbonyl (C=O) groups is 10. The van der Waals surface area contributed by atoms with Crippen LogP contribution < -0.4 is 78.4 Å². The first-order chi connectivity index (χ1) is 42.4. The molecule has 1 fully saturated rings. The van der Waals surface area contributed by atoms with Crippen LogP contribution in [0, 0.1) is 11.8 Å². The topological polar surface area (TPSA) is 379 Å². The Kier molecular flexibility index (Phi) is 54.4. The van der Waals surface area contributed by atoms with E-state index in [9.17, 15) is 53.1 Å². The molecule has 1 aromatic carbocycles. The summed E-state index contributed by atoms with van der Waals surface area (Å²) in [5, 5.41) is 37.6. The van der Waals surface area contributed by atoms with Crippen molar-refractivity contribution < 1.29 is 134 Å². The molecule has 27 heteroatoms. The van der Waals surface area contributed by atoms with Crippen LogP contribution in [0.25, 0.3) is 5.73 Å². The molecular weight excluding hydrogens is 1220 g/mol. The molecular formula is C62H102KN7O17S2. The van der Waals surface area contributed by atoms with Crippen molar-refractivity contribution in [1.82, 2.24) is 21.3 Å². The van der Waals surface area contributed by atoms with Crippen molar-refractivity contribution in [2.75, 3.05) is 77.5 Å². The summed E-state index contributed by atoms with van der Waals surface area (Å²) < 4.78 is 21.1. The van der Waals surface area contributed by atoms with Gasteiger partial charge in [0.25, 0.3) is 5.91 Å². The van der Waals surface area contributed by atoms with Crippen LogP contribution in [-0.4, -0.2) is 176 Å². The number of aromatic hydroxyl groups is 1. The number of phenols is 1. The number of unbranched alkanes of at least 4 members (excludes halogenated alkanes) is 16. The number of phenolic OH excluding ortho intramolecular Hbond substituents is 1. The molecule has 1 heterocycles. The van der Waals surface area contributed by atoms with Crippen LogP contribution in [-0.2, 0) is 73.3 Å². The Morgan fingerprint density at radius 2 is 1.28 bits per heavy atom. The van der Waals surface area contributed by atoms with Crippen molar-refractivity contribution in [3.05, 3.63) is 35.6 Å². The van der Waals surface area contributed by atoms with E-state index in [2.05, 4.69) is 33.2 Å². The van der Waals surface area contributed by atoms with Crippen LogP contribution in [0.3, 0.4) is 0 Å². The van der Waals surface area contributed by atoms with E-state index in [0.717, 1.165) is 12.8 Å². The molecule has 6 amide bonds. The van der Waals surface area contributed by atoms with E-state index in [0.29, 0.717) is 24.8 Å². The number of nitrogens with two attached hydrogens (primary N) is 1. The number of rotatable bonds is 49. The fourth-order valence-corrected chi connectivity index (χ4v) is 11.3. The van der Waals surface area contributed by atoms with Gasteiger partial charge in [-0.05, 0) is 68.0 Å². The second-order valence-corrected chi connectivity index (χ2v) is 24.2. The van der Waals surface area contributed by atoms with Crippen molar-refractivity contribution in [2.45, 2.75) is 199 Å². The molecule has 0 spiro atoms. The van der Waals surface area contributed by atoms with E-state index >= 15 is 0 Å². The summed E-state index contributed by atoms with van der Waals surface area (Å²) in [5.74, 6) is -6.62. The Bertz CT molecular complexity index is 2200. The number of benzene rings is 1. The molecule has 1 aliphatic rings. The Hall–Kier alpha value is -3.87. The summed E-state index contributed by atoms with van der Waals surface area (Å²) in [6, 6.07) is 3.02. The number of carbonyl (C=O) groups excluding carboxylic acids is 8. The fraction of sp³-hybridized carbons (Fsp3) is 0.726. The number of ether oxygens (including phenoxy) is 4. The van der Waals surface area contributed by atoms with E-state index in [4.69, 9.17) is 40.6 Å². The zero-order valence-corrected chi connectivity index (χ0v) is 57.8. The number of ketones is 2. The molecule has 1 aliphatic heterocycles. The van der Waals surface area contributed by atoms with Gasteiger partial charge in [0.05, 0.1) is 45.7 Å². The van der Waals surface area contributed by atoms with Gasteiger partial charge in [-0.3, -0.25) is 43.2 Å². The fourth-order valence-electron chi connectivity index (χ4n) is 8.89. The first-order valence-corrected chi connectivity index (χ1v) is 33.9. The SMILES string of the molecule is CCC(=O)NC(CCC(=O)NCCOCCOCC(=O)N=CCOCCOCC(=O)NCCCC[C@@H]1NC(=O)[C@@H]([NH-])CSSC[C@@H](C(=O)C[C@@H](Cc2ccc(O)cc2)C(N)=O)CC1=O)C(=O)O.CCCCCCCCCCCCCCCCCCC(=O)O.[K+]. The molecule has 0 aromatic heterocycles. The monoisotopic (exact) mass is 1320 g/mol. The molecule has 0 radical (unpaired) electrons. The van der Waals surface area contributed by atoms with E-state index in [1.807, 2.05) is 0 Å². The van der Waals surface area contributed by atoms with Crippen LogP contribution in [0.15, 0.2) is 29.3 Å². The van der Waals surface area contributed by atoms with Crippen molar-refractivity contribution in [3.63, 3.8) is 0 Å². The van der Waals surface area contributed by atoms with E-state index in [-0.39, 0.29) is 203 Å². The average Bonchev–Trinajstić information content (AvgIpc) is 3.67. The molecule has 89 heavy (non-hydrogen) atoms. The summed E-state index contributed by atoms with van der Waals surface area (Å²) in [6.45, 7) is 4.42. The van der Waals surface area contributed by atoms with Crippen molar-refractivity contribution >= 4 is 86.8 Å². The van der Waals surface area contributed by atoms with Crippen LogP contribution in [0.1, 0.15) is 180 Å². The van der Waals surface area contributed by atoms with Gasteiger partial charge in [0, 0.05) is 69.0 Å². The van der Waals surface area contributed by atoms with Gasteiger partial charge < -0.3 is 67.0 Å². The summed E-state index contributed by atoms with van der Waals surface area (Å²) in [7, 11) is 2.55. The van der Waals surface area contributed by atoms with Gasteiger partial charge in [-0.1, -0.05) is 144 Å². The van der Waals surface area contributed by atoms with Crippen LogP contribution in [0.2, 0.25) is 0 Å². The average molecular weight is 1320 g/mol. The van der Waals surface area contributed by atoms with Crippen LogP contribution in [0.5, 0.6) is 5.75 Å². The van der Waals surface area contributed by atoms with Gasteiger partial charge in [-0.15, -0.1) is 0 Å². The predicted octanol–water partition coefficient (Wildman–Crippen LogP) is 4.42. The number of amides is 6. The molecule has 2 rings (SSSR count). The molecule has 1 aromatic rings. The van der Waals surface area contributed by atoms with Crippen LogP contribution in [0.4, 0.5) is 0 Å². The molecule has 10 N–H and O–H groups in total. The van der Waals surface area contributed by atoms with E-state index in [1.54, 1.807) is 19.1 Å².